The van der Waals surface area contributed by atoms with Gasteiger partial charge >= 0.3 is 0 Å². The van der Waals surface area contributed by atoms with Gasteiger partial charge in [0.05, 0.1) is 10.9 Å². The molecule has 31 heavy (non-hydrogen) atoms. The first-order chi connectivity index (χ1) is 15.0. The second kappa shape index (κ2) is 9.22. The van der Waals surface area contributed by atoms with Gasteiger partial charge < -0.3 is 10.1 Å². The minimum absolute atomic E-state index is 0.00219. The highest BCUT2D eigenvalue weighted by molar-refractivity contribution is 7.92. The summed E-state index contributed by atoms with van der Waals surface area (Å²) in [6, 6.07) is 22.8. The first-order valence-corrected chi connectivity index (χ1v) is 11.7. The van der Waals surface area contributed by atoms with Gasteiger partial charge in [-0.2, -0.15) is 0 Å². The van der Waals surface area contributed by atoms with Crippen molar-refractivity contribution in [1.29, 1.82) is 0 Å². The van der Waals surface area contributed by atoms with E-state index in [4.69, 9.17) is 4.74 Å². The van der Waals surface area contributed by atoms with Gasteiger partial charge in [0.1, 0.15) is 5.75 Å². The number of carbonyl (C=O) groups excluding carboxylic acids is 1. The van der Waals surface area contributed by atoms with Gasteiger partial charge in [-0.3, -0.25) is 9.52 Å². The minimum atomic E-state index is -3.69. The first-order valence-electron chi connectivity index (χ1n) is 10.2. The Morgan fingerprint density at radius 3 is 2.42 bits per heavy atom. The molecule has 1 atom stereocenters. The molecule has 0 heterocycles. The number of hydrogen-bond acceptors (Lipinski definition) is 4. The van der Waals surface area contributed by atoms with Crippen LogP contribution in [0.5, 0.6) is 5.75 Å². The molecule has 0 fully saturated rings. The van der Waals surface area contributed by atoms with Crippen LogP contribution < -0.4 is 14.8 Å². The number of rotatable bonds is 7. The van der Waals surface area contributed by atoms with Gasteiger partial charge in [0.25, 0.3) is 15.9 Å². The van der Waals surface area contributed by atoms with Gasteiger partial charge in [-0.15, -0.1) is 0 Å². The van der Waals surface area contributed by atoms with Crippen molar-refractivity contribution in [2.45, 2.75) is 30.2 Å². The summed E-state index contributed by atoms with van der Waals surface area (Å²) in [5, 5.41) is 3.04. The molecular weight excluding hydrogens is 412 g/mol. The van der Waals surface area contributed by atoms with E-state index in [0.29, 0.717) is 11.4 Å². The van der Waals surface area contributed by atoms with Gasteiger partial charge in [0, 0.05) is 5.69 Å². The van der Waals surface area contributed by atoms with E-state index in [1.807, 2.05) is 18.2 Å². The molecule has 1 aliphatic carbocycles. The maximum atomic E-state index is 12.5. The Morgan fingerprint density at radius 1 is 0.935 bits per heavy atom. The number of amides is 1. The number of hydrogen-bond donors (Lipinski definition) is 2. The molecular formula is C24H24N2O4S. The van der Waals surface area contributed by atoms with Crippen molar-refractivity contribution in [3.05, 3.63) is 90.0 Å². The summed E-state index contributed by atoms with van der Waals surface area (Å²) in [5.74, 6) is 0.224. The lowest BCUT2D eigenvalue weighted by atomic mass is 9.88. The summed E-state index contributed by atoms with van der Waals surface area (Å²) in [7, 11) is -3.69. The summed E-state index contributed by atoms with van der Waals surface area (Å²) >= 11 is 0. The summed E-state index contributed by atoms with van der Waals surface area (Å²) in [4.78, 5) is 12.5. The second-order valence-corrected chi connectivity index (χ2v) is 9.13. The topological polar surface area (TPSA) is 84.5 Å². The zero-order valence-electron chi connectivity index (χ0n) is 17.0. The highest BCUT2D eigenvalue weighted by Crippen LogP contribution is 2.29. The Balaban J connectivity index is 1.33. The standard InChI is InChI=1S/C24H24N2O4S/c27-24(25-23-12-6-8-18-7-4-5-11-22(18)23)17-30-20-13-15-21(16-14-20)31(28,29)26-19-9-2-1-3-10-19/h1-5,7,9-11,13-16,23,26H,6,8,12,17H2,(H,25,27). The lowest BCUT2D eigenvalue weighted by Gasteiger charge is -2.26. The van der Waals surface area contributed by atoms with Crippen molar-refractivity contribution in [3.8, 4) is 5.75 Å². The van der Waals surface area contributed by atoms with Gasteiger partial charge in [-0.05, 0) is 66.8 Å². The lowest BCUT2D eigenvalue weighted by molar-refractivity contribution is -0.124. The zero-order chi connectivity index (χ0) is 21.7. The number of benzene rings is 3. The van der Waals surface area contributed by atoms with Crippen molar-refractivity contribution in [2.24, 2.45) is 0 Å². The number of carbonyl (C=O) groups is 1. The fraction of sp³-hybridized carbons (Fsp3) is 0.208. The van der Waals surface area contributed by atoms with Crippen LogP contribution in [-0.4, -0.2) is 20.9 Å². The minimum Gasteiger partial charge on any atom is -0.484 e. The average Bonchev–Trinajstić information content (AvgIpc) is 2.79. The van der Waals surface area contributed by atoms with Crippen LogP contribution in [0.3, 0.4) is 0 Å². The van der Waals surface area contributed by atoms with E-state index in [1.54, 1.807) is 36.4 Å². The maximum Gasteiger partial charge on any atom is 0.261 e. The number of anilines is 1. The lowest BCUT2D eigenvalue weighted by Crippen LogP contribution is -2.34. The van der Waals surface area contributed by atoms with Crippen LogP contribution in [0.1, 0.15) is 30.0 Å². The van der Waals surface area contributed by atoms with E-state index in [1.165, 1.54) is 23.3 Å². The molecule has 0 aliphatic heterocycles. The molecule has 0 radical (unpaired) electrons. The highest BCUT2D eigenvalue weighted by Gasteiger charge is 2.21. The largest absolute Gasteiger partial charge is 0.484 e. The van der Waals surface area contributed by atoms with E-state index >= 15 is 0 Å². The van der Waals surface area contributed by atoms with E-state index < -0.39 is 10.0 Å². The van der Waals surface area contributed by atoms with Crippen LogP contribution in [0.2, 0.25) is 0 Å². The maximum absolute atomic E-state index is 12.5. The molecule has 1 amide bonds. The number of para-hydroxylation sites is 1. The van der Waals surface area contributed by atoms with Crippen LogP contribution in [0, 0.1) is 0 Å². The Labute approximate surface area is 182 Å². The fourth-order valence-electron chi connectivity index (χ4n) is 3.72. The summed E-state index contributed by atoms with van der Waals surface area (Å²) in [6.07, 6.45) is 2.98. The third kappa shape index (κ3) is 5.24. The Hall–Kier alpha value is -3.32. The molecule has 0 saturated heterocycles. The predicted octanol–water partition coefficient (Wildman–Crippen LogP) is 4.06. The molecule has 0 saturated carbocycles. The molecule has 160 valence electrons. The highest BCUT2D eigenvalue weighted by atomic mass is 32.2. The molecule has 0 aromatic heterocycles. The Kier molecular flexibility index (Phi) is 6.23. The molecule has 0 spiro atoms. The molecule has 4 rings (SSSR count). The number of aryl methyl sites for hydroxylation is 1. The summed E-state index contributed by atoms with van der Waals surface area (Å²) < 4.78 is 33.1. The third-order valence-electron chi connectivity index (χ3n) is 5.23. The average molecular weight is 437 g/mol. The molecule has 1 unspecified atom stereocenters. The number of ether oxygens (including phenoxy) is 1. The van der Waals surface area contributed by atoms with E-state index in [-0.39, 0.29) is 23.5 Å². The van der Waals surface area contributed by atoms with Gasteiger partial charge in [0.15, 0.2) is 6.61 Å². The van der Waals surface area contributed by atoms with Crippen molar-refractivity contribution in [2.75, 3.05) is 11.3 Å². The van der Waals surface area contributed by atoms with Crippen molar-refractivity contribution in [1.82, 2.24) is 5.32 Å². The zero-order valence-corrected chi connectivity index (χ0v) is 17.8. The molecule has 0 bridgehead atoms. The number of sulfonamides is 1. The molecule has 3 aromatic carbocycles. The van der Waals surface area contributed by atoms with Gasteiger partial charge in [0.2, 0.25) is 0 Å². The molecule has 3 aromatic rings. The van der Waals surface area contributed by atoms with Crippen molar-refractivity contribution < 1.29 is 17.9 Å². The van der Waals surface area contributed by atoms with Gasteiger partial charge in [-0.25, -0.2) is 8.42 Å². The quantitative estimate of drug-likeness (QED) is 0.585. The third-order valence-corrected chi connectivity index (χ3v) is 6.63. The molecule has 2 N–H and O–H groups in total. The van der Waals surface area contributed by atoms with Crippen LogP contribution in [0.25, 0.3) is 0 Å². The Morgan fingerprint density at radius 2 is 1.65 bits per heavy atom. The fourth-order valence-corrected chi connectivity index (χ4v) is 4.78. The van der Waals surface area contributed by atoms with Gasteiger partial charge in [-0.1, -0.05) is 42.5 Å². The number of fused-ring (bicyclic) bond motifs is 1. The van der Waals surface area contributed by atoms with Crippen LogP contribution in [0.15, 0.2) is 83.8 Å². The predicted molar refractivity (Wildman–Crippen MR) is 119 cm³/mol. The molecule has 1 aliphatic rings. The number of nitrogens with one attached hydrogen (secondary N) is 2. The Bertz CT molecular complexity index is 1150. The monoisotopic (exact) mass is 436 g/mol. The first kappa shape index (κ1) is 20.9. The van der Waals surface area contributed by atoms with Crippen molar-refractivity contribution >= 4 is 21.6 Å². The van der Waals surface area contributed by atoms with Crippen LogP contribution in [0.4, 0.5) is 5.69 Å². The normalized spacial score (nSPS) is 15.5. The SMILES string of the molecule is O=C(COc1ccc(S(=O)(=O)Nc2ccccc2)cc1)NC1CCCc2ccccc21. The summed E-state index contributed by atoms with van der Waals surface area (Å²) in [6.45, 7) is -0.132. The smallest absolute Gasteiger partial charge is 0.261 e. The molecule has 7 heteroatoms. The van der Waals surface area contributed by atoms with Crippen LogP contribution in [-0.2, 0) is 21.2 Å². The summed E-state index contributed by atoms with van der Waals surface area (Å²) in [5.41, 5.74) is 2.94. The van der Waals surface area contributed by atoms with E-state index in [9.17, 15) is 13.2 Å². The van der Waals surface area contributed by atoms with E-state index in [2.05, 4.69) is 22.2 Å². The molecule has 6 nitrogen and oxygen atoms in total. The van der Waals surface area contributed by atoms with Crippen molar-refractivity contribution in [3.63, 3.8) is 0 Å². The van der Waals surface area contributed by atoms with Crippen LogP contribution >= 0.6 is 0 Å². The van der Waals surface area contributed by atoms with E-state index in [0.717, 1.165) is 19.3 Å². The second-order valence-electron chi connectivity index (χ2n) is 7.44.